The van der Waals surface area contributed by atoms with Gasteiger partial charge < -0.3 is 4.74 Å². The molecule has 0 aromatic rings. The van der Waals surface area contributed by atoms with Crippen LogP contribution in [0.4, 0.5) is 0 Å². The molecule has 3 rings (SSSR count). The molecule has 0 aliphatic heterocycles. The molecule has 0 amide bonds. The van der Waals surface area contributed by atoms with Crippen LogP contribution in [0, 0.1) is 23.7 Å². The highest BCUT2D eigenvalue weighted by Crippen LogP contribution is 2.59. The first-order chi connectivity index (χ1) is 7.66. The summed E-state index contributed by atoms with van der Waals surface area (Å²) in [4.78, 5) is 11.5. The Morgan fingerprint density at radius 2 is 1.94 bits per heavy atom. The summed E-state index contributed by atoms with van der Waals surface area (Å²) in [6.45, 7) is 5.38. The van der Waals surface area contributed by atoms with E-state index in [9.17, 15) is 4.79 Å². The van der Waals surface area contributed by atoms with E-state index in [0.29, 0.717) is 11.5 Å². The number of carbonyl (C=O) groups excluding carboxylic acids is 1. The van der Waals surface area contributed by atoms with Crippen LogP contribution in [0.2, 0.25) is 0 Å². The van der Waals surface area contributed by atoms with Gasteiger partial charge in [-0.05, 0) is 56.3 Å². The van der Waals surface area contributed by atoms with Crippen LogP contribution in [-0.4, -0.2) is 12.1 Å². The minimum absolute atomic E-state index is 0.188. The quantitative estimate of drug-likeness (QED) is 0.528. The second-order valence-electron chi connectivity index (χ2n) is 5.88. The molecule has 0 N–H and O–H groups in total. The van der Waals surface area contributed by atoms with E-state index in [-0.39, 0.29) is 12.1 Å². The van der Waals surface area contributed by atoms with Gasteiger partial charge in [0.25, 0.3) is 0 Å². The number of hydrogen-bond donors (Lipinski definition) is 0. The molecule has 0 spiro atoms. The van der Waals surface area contributed by atoms with Crippen LogP contribution in [0.3, 0.4) is 0 Å². The number of carbonyl (C=O) groups is 1. The summed E-state index contributed by atoms with van der Waals surface area (Å²) in [5.74, 6) is 3.15. The molecule has 4 unspecified atom stereocenters. The van der Waals surface area contributed by atoms with Gasteiger partial charge in [-0.3, -0.25) is 0 Å². The van der Waals surface area contributed by atoms with Gasteiger partial charge in [-0.15, -0.1) is 0 Å². The molecule has 3 aliphatic rings. The van der Waals surface area contributed by atoms with Gasteiger partial charge >= 0.3 is 5.97 Å². The van der Waals surface area contributed by atoms with Crippen LogP contribution >= 0.6 is 0 Å². The summed E-state index contributed by atoms with van der Waals surface area (Å²) < 4.78 is 5.58. The molecule has 2 nitrogen and oxygen atoms in total. The Hall–Kier alpha value is -0.790. The van der Waals surface area contributed by atoms with E-state index in [1.807, 2.05) is 0 Å². The number of ether oxygens (including phenoxy) is 1. The lowest BCUT2D eigenvalue weighted by molar-refractivity contribution is -0.148. The molecule has 0 heterocycles. The molecular weight excluding hydrogens is 200 g/mol. The first-order valence-electron chi connectivity index (χ1n) is 6.53. The molecule has 16 heavy (non-hydrogen) atoms. The molecular formula is C14H20O2. The van der Waals surface area contributed by atoms with Crippen molar-refractivity contribution in [3.05, 3.63) is 12.2 Å². The van der Waals surface area contributed by atoms with Crippen LogP contribution in [0.15, 0.2) is 12.2 Å². The van der Waals surface area contributed by atoms with Crippen molar-refractivity contribution in [1.29, 1.82) is 0 Å². The molecule has 2 heteroatoms. The Morgan fingerprint density at radius 1 is 1.19 bits per heavy atom. The fourth-order valence-corrected chi connectivity index (χ4v) is 4.38. The molecule has 0 aromatic carbocycles. The maximum atomic E-state index is 11.5. The maximum Gasteiger partial charge on any atom is 0.333 e. The fraction of sp³-hybridized carbons (Fsp3) is 0.786. The van der Waals surface area contributed by atoms with E-state index < -0.39 is 0 Å². The van der Waals surface area contributed by atoms with Crippen molar-refractivity contribution in [2.24, 2.45) is 23.7 Å². The third-order valence-electron chi connectivity index (χ3n) is 4.97. The van der Waals surface area contributed by atoms with E-state index >= 15 is 0 Å². The third kappa shape index (κ3) is 1.42. The average Bonchev–Trinajstić information content (AvgIpc) is 2.87. The smallest absolute Gasteiger partial charge is 0.333 e. The summed E-state index contributed by atoms with van der Waals surface area (Å²) in [6.07, 6.45) is 6.81. The molecule has 88 valence electrons. The second kappa shape index (κ2) is 3.61. The lowest BCUT2D eigenvalue weighted by Crippen LogP contribution is -2.32. The van der Waals surface area contributed by atoms with E-state index in [1.165, 1.54) is 25.7 Å². The highest BCUT2D eigenvalue weighted by molar-refractivity contribution is 5.87. The van der Waals surface area contributed by atoms with Gasteiger partial charge in [0.1, 0.15) is 6.10 Å². The highest BCUT2D eigenvalue weighted by Gasteiger charge is 2.55. The molecule has 0 radical (unpaired) electrons. The summed E-state index contributed by atoms with van der Waals surface area (Å²) in [5, 5.41) is 0. The number of hydrogen-bond acceptors (Lipinski definition) is 2. The fourth-order valence-electron chi connectivity index (χ4n) is 4.38. The van der Waals surface area contributed by atoms with Gasteiger partial charge in [-0.25, -0.2) is 4.79 Å². The van der Waals surface area contributed by atoms with E-state index in [1.54, 1.807) is 6.92 Å². The van der Waals surface area contributed by atoms with Crippen LogP contribution < -0.4 is 0 Å². The number of fused-ring (bicyclic) bond motifs is 5. The zero-order chi connectivity index (χ0) is 11.3. The molecule has 5 atom stereocenters. The monoisotopic (exact) mass is 220 g/mol. The van der Waals surface area contributed by atoms with E-state index in [0.717, 1.165) is 24.2 Å². The number of esters is 1. The minimum Gasteiger partial charge on any atom is -0.459 e. The first-order valence-corrected chi connectivity index (χ1v) is 6.53. The lowest BCUT2D eigenvalue weighted by Gasteiger charge is -2.31. The Bertz CT molecular complexity index is 334. The van der Waals surface area contributed by atoms with Crippen molar-refractivity contribution in [2.75, 3.05) is 0 Å². The van der Waals surface area contributed by atoms with Gasteiger partial charge in [-0.1, -0.05) is 13.0 Å². The second-order valence-corrected chi connectivity index (χ2v) is 5.88. The average molecular weight is 220 g/mol. The summed E-state index contributed by atoms with van der Waals surface area (Å²) >= 11 is 0. The Labute approximate surface area is 97.1 Å². The first kappa shape index (κ1) is 10.4. The predicted octanol–water partition coefficient (Wildman–Crippen LogP) is 2.93. The van der Waals surface area contributed by atoms with Crippen LogP contribution in [-0.2, 0) is 9.53 Å². The van der Waals surface area contributed by atoms with Crippen LogP contribution in [0.25, 0.3) is 0 Å². The Kier molecular flexibility index (Phi) is 2.34. The largest absolute Gasteiger partial charge is 0.459 e. The highest BCUT2D eigenvalue weighted by atomic mass is 16.5. The number of rotatable bonds is 2. The standard InChI is InChI=1S/C14H20O2/c1-8(2)14(15)16-13-7-9-6-12(13)11-5-3-4-10(9)11/h9-13H,1,3-7H2,2H3/t9?,10-,11?,12?,13?/m1/s1. The van der Waals surface area contributed by atoms with Gasteiger partial charge in [0.15, 0.2) is 0 Å². The zero-order valence-electron chi connectivity index (χ0n) is 9.95. The van der Waals surface area contributed by atoms with Crippen molar-refractivity contribution >= 4 is 5.97 Å². The molecule has 0 aromatic heterocycles. The van der Waals surface area contributed by atoms with Crippen molar-refractivity contribution in [3.8, 4) is 0 Å². The predicted molar refractivity (Wildman–Crippen MR) is 61.7 cm³/mol. The Balaban J connectivity index is 1.68. The van der Waals surface area contributed by atoms with Crippen molar-refractivity contribution in [1.82, 2.24) is 0 Å². The molecule has 0 saturated heterocycles. The molecule has 2 bridgehead atoms. The summed E-state index contributed by atoms with van der Waals surface area (Å²) in [7, 11) is 0. The molecule has 3 aliphatic carbocycles. The normalized spacial score (nSPS) is 44.4. The van der Waals surface area contributed by atoms with Crippen molar-refractivity contribution in [3.63, 3.8) is 0 Å². The SMILES string of the molecule is C=C(C)C(=O)OC1CC2CC1C1CCC[C@H]21. The van der Waals surface area contributed by atoms with Crippen LogP contribution in [0.5, 0.6) is 0 Å². The lowest BCUT2D eigenvalue weighted by atomic mass is 9.80. The van der Waals surface area contributed by atoms with Crippen molar-refractivity contribution < 1.29 is 9.53 Å². The van der Waals surface area contributed by atoms with E-state index in [2.05, 4.69) is 6.58 Å². The van der Waals surface area contributed by atoms with E-state index in [4.69, 9.17) is 4.74 Å². The molecule has 3 fully saturated rings. The maximum absolute atomic E-state index is 11.5. The third-order valence-corrected chi connectivity index (χ3v) is 4.97. The minimum atomic E-state index is -0.188. The van der Waals surface area contributed by atoms with Gasteiger partial charge in [0, 0.05) is 5.57 Å². The molecule has 3 saturated carbocycles. The van der Waals surface area contributed by atoms with Gasteiger partial charge in [0.05, 0.1) is 0 Å². The zero-order valence-corrected chi connectivity index (χ0v) is 9.95. The summed E-state index contributed by atoms with van der Waals surface area (Å²) in [5.41, 5.74) is 0.533. The Morgan fingerprint density at radius 3 is 2.69 bits per heavy atom. The topological polar surface area (TPSA) is 26.3 Å². The van der Waals surface area contributed by atoms with Gasteiger partial charge in [-0.2, -0.15) is 0 Å². The van der Waals surface area contributed by atoms with Crippen LogP contribution in [0.1, 0.15) is 39.0 Å². The van der Waals surface area contributed by atoms with Gasteiger partial charge in [0.2, 0.25) is 0 Å². The van der Waals surface area contributed by atoms with Crippen molar-refractivity contribution in [2.45, 2.75) is 45.1 Å². The summed E-state index contributed by atoms with van der Waals surface area (Å²) in [6, 6.07) is 0.